The maximum absolute atomic E-state index is 13.0. The van der Waals surface area contributed by atoms with Crippen LogP contribution in [0.1, 0.15) is 162 Å². The van der Waals surface area contributed by atoms with Crippen LogP contribution in [0.15, 0.2) is 48.6 Å². The molecule has 376 valence electrons. The molecule has 2 fully saturated rings. The molecule has 15 heteroatoms. The zero-order valence-corrected chi connectivity index (χ0v) is 39.5. The summed E-state index contributed by atoms with van der Waals surface area (Å²) in [6, 6.07) is 0. The van der Waals surface area contributed by atoms with Gasteiger partial charge in [-0.2, -0.15) is 0 Å². The van der Waals surface area contributed by atoms with Crippen LogP contribution >= 0.6 is 0 Å². The summed E-state index contributed by atoms with van der Waals surface area (Å²) in [6.45, 7) is 2.48. The minimum absolute atomic E-state index is 0.118. The number of aliphatic hydroxyl groups is 7. The third-order valence-electron chi connectivity index (χ3n) is 11.5. The molecule has 0 radical (unpaired) electrons. The lowest BCUT2D eigenvalue weighted by Gasteiger charge is -2.42. The molecule has 15 nitrogen and oxygen atoms in total. The van der Waals surface area contributed by atoms with Crippen molar-refractivity contribution in [2.75, 3.05) is 26.4 Å². The fourth-order valence-electron chi connectivity index (χ4n) is 7.38. The number of allylic oxidation sites excluding steroid dienone is 8. The SMILES string of the molecule is CCCC/C=C/C/C=C/CCCCCCCC(=O)OC[C@H](CO[C@@H]1O[C@H](CO[C@@H]2O[C@H](CO)[C@H](O)C(O)C2O)[C@H](O)C(O)C1O)OC(=O)CCCC/C=C/C/C=C/CCCCCCCC. The fourth-order valence-corrected chi connectivity index (χ4v) is 7.38. The first-order valence-electron chi connectivity index (χ1n) is 24.7. The van der Waals surface area contributed by atoms with Crippen LogP contribution in [0.5, 0.6) is 0 Å². The summed E-state index contributed by atoms with van der Waals surface area (Å²) in [5.74, 6) is -0.983. The molecular weight excluding hydrogens is 841 g/mol. The second kappa shape index (κ2) is 37.4. The van der Waals surface area contributed by atoms with Crippen molar-refractivity contribution in [3.63, 3.8) is 0 Å². The summed E-state index contributed by atoms with van der Waals surface area (Å²) >= 11 is 0. The Morgan fingerprint density at radius 2 is 0.938 bits per heavy atom. The normalized spacial score (nSPS) is 26.8. The fraction of sp³-hybridized carbons (Fsp3) is 0.800. The van der Waals surface area contributed by atoms with Gasteiger partial charge >= 0.3 is 11.9 Å². The van der Waals surface area contributed by atoms with Crippen LogP contribution in [0, 0.1) is 0 Å². The Labute approximate surface area is 388 Å². The van der Waals surface area contributed by atoms with Gasteiger partial charge in [-0.1, -0.05) is 127 Å². The number of carbonyl (C=O) groups is 2. The summed E-state index contributed by atoms with van der Waals surface area (Å²) in [6.07, 6.45) is 22.9. The Morgan fingerprint density at radius 1 is 0.492 bits per heavy atom. The lowest BCUT2D eigenvalue weighted by Crippen LogP contribution is -2.61. The highest BCUT2D eigenvalue weighted by molar-refractivity contribution is 5.70. The molecule has 2 rings (SSSR count). The van der Waals surface area contributed by atoms with Crippen molar-refractivity contribution in [2.45, 2.75) is 229 Å². The summed E-state index contributed by atoms with van der Waals surface area (Å²) in [7, 11) is 0. The number of aliphatic hydroxyl groups excluding tert-OH is 7. The van der Waals surface area contributed by atoms with Gasteiger partial charge in [-0.3, -0.25) is 9.59 Å². The minimum atomic E-state index is -1.77. The zero-order valence-electron chi connectivity index (χ0n) is 39.5. The molecule has 4 unspecified atom stereocenters. The predicted octanol–water partition coefficient (Wildman–Crippen LogP) is 6.32. The first-order chi connectivity index (χ1) is 31.5. The summed E-state index contributed by atoms with van der Waals surface area (Å²) < 4.78 is 33.5. The molecule has 0 aromatic rings. The maximum atomic E-state index is 13.0. The number of esters is 2. The van der Waals surface area contributed by atoms with Gasteiger partial charge in [0.05, 0.1) is 19.8 Å². The van der Waals surface area contributed by atoms with E-state index in [0.717, 1.165) is 70.6 Å². The van der Waals surface area contributed by atoms with E-state index in [0.29, 0.717) is 12.8 Å². The molecule has 0 aliphatic carbocycles. The van der Waals surface area contributed by atoms with E-state index in [1.54, 1.807) is 0 Å². The lowest BCUT2D eigenvalue weighted by atomic mass is 9.98. The van der Waals surface area contributed by atoms with Gasteiger partial charge in [0, 0.05) is 12.8 Å². The van der Waals surface area contributed by atoms with Crippen LogP contribution in [-0.4, -0.2) is 142 Å². The molecule has 11 atom stereocenters. The summed E-state index contributed by atoms with van der Waals surface area (Å²) in [4.78, 5) is 25.7. The molecule has 7 N–H and O–H groups in total. The van der Waals surface area contributed by atoms with Crippen molar-refractivity contribution < 1.29 is 73.8 Å². The van der Waals surface area contributed by atoms with Crippen molar-refractivity contribution in [3.05, 3.63) is 48.6 Å². The van der Waals surface area contributed by atoms with Crippen LogP contribution in [0.4, 0.5) is 0 Å². The first kappa shape index (κ1) is 58.6. The zero-order chi connectivity index (χ0) is 47.5. The highest BCUT2D eigenvalue weighted by Gasteiger charge is 2.47. The first-order valence-corrected chi connectivity index (χ1v) is 24.7. The molecule has 0 aromatic heterocycles. The quantitative estimate of drug-likeness (QED) is 0.0205. The molecule has 0 amide bonds. The molecule has 2 heterocycles. The third-order valence-corrected chi connectivity index (χ3v) is 11.5. The van der Waals surface area contributed by atoms with Gasteiger partial charge in [0.2, 0.25) is 0 Å². The molecule has 2 saturated heterocycles. The summed E-state index contributed by atoms with van der Waals surface area (Å²) in [5.41, 5.74) is 0. The molecule has 65 heavy (non-hydrogen) atoms. The van der Waals surface area contributed by atoms with Crippen molar-refractivity contribution in [3.8, 4) is 0 Å². The predicted molar refractivity (Wildman–Crippen MR) is 247 cm³/mol. The van der Waals surface area contributed by atoms with Crippen LogP contribution < -0.4 is 0 Å². The minimum Gasteiger partial charge on any atom is -0.462 e. The Balaban J connectivity index is 1.85. The second-order valence-corrected chi connectivity index (χ2v) is 17.3. The van der Waals surface area contributed by atoms with E-state index in [1.165, 1.54) is 51.4 Å². The Kier molecular flexibility index (Phi) is 33.7. The average Bonchev–Trinajstić information content (AvgIpc) is 3.30. The monoisotopic (exact) mass is 927 g/mol. The molecule has 0 bridgehead atoms. The average molecular weight is 927 g/mol. The number of ether oxygens (including phenoxy) is 6. The van der Waals surface area contributed by atoms with Crippen molar-refractivity contribution >= 4 is 11.9 Å². The molecule has 0 spiro atoms. The molecule has 0 aromatic carbocycles. The Morgan fingerprint density at radius 3 is 1.51 bits per heavy atom. The lowest BCUT2D eigenvalue weighted by molar-refractivity contribution is -0.332. The molecular formula is C50H86O15. The topological polar surface area (TPSA) is 231 Å². The van der Waals surface area contributed by atoms with Gasteiger partial charge in [-0.15, -0.1) is 0 Å². The standard InChI is InChI=1S/C50H86O15/c1-3-5-7-9-11-13-15-17-19-21-23-25-27-29-31-33-42(53)63-38(35-60-41(52)32-30-28-26-24-22-20-18-16-14-12-10-8-6-4-2)36-61-49-48(59)46(57)44(55)40(65-49)37-62-50-47(58)45(56)43(54)39(34-51)64-50/h10,12,16-19,23,25,38-40,43-51,54-59H,3-9,11,13-15,20-22,24,26-37H2,1-2H3/b12-10+,18-16+,19-17+,25-23+/t38-,39-,40-,43+,44+,45?,46?,47?,48?,49-,50-/m1/s1. The number of hydrogen-bond donors (Lipinski definition) is 7. The highest BCUT2D eigenvalue weighted by atomic mass is 16.7. The van der Waals surface area contributed by atoms with E-state index >= 15 is 0 Å². The summed E-state index contributed by atoms with van der Waals surface area (Å²) in [5, 5.41) is 72.0. The maximum Gasteiger partial charge on any atom is 0.306 e. The van der Waals surface area contributed by atoms with Crippen LogP contribution in [0.3, 0.4) is 0 Å². The third kappa shape index (κ3) is 26.0. The van der Waals surface area contributed by atoms with E-state index < -0.39 is 99.3 Å². The smallest absolute Gasteiger partial charge is 0.306 e. The van der Waals surface area contributed by atoms with E-state index in [4.69, 9.17) is 28.4 Å². The van der Waals surface area contributed by atoms with Crippen LogP contribution in [0.2, 0.25) is 0 Å². The second-order valence-electron chi connectivity index (χ2n) is 17.3. The molecule has 2 aliphatic heterocycles. The van der Waals surface area contributed by atoms with Crippen molar-refractivity contribution in [1.82, 2.24) is 0 Å². The van der Waals surface area contributed by atoms with Gasteiger partial charge < -0.3 is 64.2 Å². The largest absolute Gasteiger partial charge is 0.462 e. The van der Waals surface area contributed by atoms with Gasteiger partial charge in [-0.25, -0.2) is 0 Å². The molecule has 2 aliphatic rings. The Hall–Kier alpha value is -2.54. The molecule has 0 saturated carbocycles. The van der Waals surface area contributed by atoms with E-state index in [9.17, 15) is 45.3 Å². The number of carbonyl (C=O) groups excluding carboxylic acids is 2. The Bertz CT molecular complexity index is 1320. The van der Waals surface area contributed by atoms with E-state index in [1.807, 2.05) is 0 Å². The van der Waals surface area contributed by atoms with Gasteiger partial charge in [0.1, 0.15) is 55.4 Å². The highest BCUT2D eigenvalue weighted by Crippen LogP contribution is 2.26. The van der Waals surface area contributed by atoms with Crippen molar-refractivity contribution in [1.29, 1.82) is 0 Å². The van der Waals surface area contributed by atoms with Crippen LogP contribution in [-0.2, 0) is 38.0 Å². The van der Waals surface area contributed by atoms with E-state index in [2.05, 4.69) is 62.5 Å². The van der Waals surface area contributed by atoms with E-state index in [-0.39, 0.29) is 19.4 Å². The van der Waals surface area contributed by atoms with Crippen LogP contribution in [0.25, 0.3) is 0 Å². The van der Waals surface area contributed by atoms with Gasteiger partial charge in [0.25, 0.3) is 0 Å². The van der Waals surface area contributed by atoms with Crippen molar-refractivity contribution in [2.24, 2.45) is 0 Å². The van der Waals surface area contributed by atoms with Gasteiger partial charge in [-0.05, 0) is 70.6 Å². The van der Waals surface area contributed by atoms with Gasteiger partial charge in [0.15, 0.2) is 18.7 Å². The number of hydrogen-bond acceptors (Lipinski definition) is 15. The number of unbranched alkanes of at least 4 members (excludes halogenated alkanes) is 15. The number of rotatable bonds is 37.